The average Bonchev–Trinajstić information content (AvgIpc) is 3.34. The number of aryl methyl sites for hydroxylation is 1. The number of hydrogen-bond acceptors (Lipinski definition) is 3. The van der Waals surface area contributed by atoms with Crippen molar-refractivity contribution in [2.75, 3.05) is 18.4 Å². The lowest BCUT2D eigenvalue weighted by atomic mass is 9.82. The van der Waals surface area contributed by atoms with Gasteiger partial charge in [0.05, 0.1) is 12.1 Å². The number of hydrogen-bond donors (Lipinski definition) is 1. The first-order chi connectivity index (χ1) is 14.9. The van der Waals surface area contributed by atoms with Crippen molar-refractivity contribution in [2.24, 2.45) is 5.41 Å². The molecular formula is C24H31F3N4O. The van der Waals surface area contributed by atoms with Crippen molar-refractivity contribution in [3.63, 3.8) is 0 Å². The van der Waals surface area contributed by atoms with E-state index < -0.39 is 12.2 Å². The zero-order valence-corrected chi connectivity index (χ0v) is 19.0. The lowest BCUT2D eigenvalue weighted by Crippen LogP contribution is -2.44. The summed E-state index contributed by atoms with van der Waals surface area (Å²) >= 11 is 0. The van der Waals surface area contributed by atoms with Crippen LogP contribution in [0.1, 0.15) is 62.4 Å². The van der Waals surface area contributed by atoms with Crippen molar-refractivity contribution in [1.82, 2.24) is 14.7 Å². The fourth-order valence-electron chi connectivity index (χ4n) is 4.58. The molecule has 174 valence electrons. The van der Waals surface area contributed by atoms with Crippen molar-refractivity contribution < 1.29 is 18.0 Å². The Bertz CT molecular complexity index is 975. The molecule has 1 aromatic carbocycles. The molecule has 32 heavy (non-hydrogen) atoms. The number of rotatable bonds is 3. The van der Waals surface area contributed by atoms with Crippen LogP contribution in [-0.4, -0.2) is 45.9 Å². The van der Waals surface area contributed by atoms with E-state index >= 15 is 0 Å². The van der Waals surface area contributed by atoms with Gasteiger partial charge in [0.1, 0.15) is 5.82 Å². The van der Waals surface area contributed by atoms with E-state index in [1.54, 1.807) is 11.0 Å². The maximum absolute atomic E-state index is 13.8. The number of anilines is 1. The first-order valence-corrected chi connectivity index (χ1v) is 11.2. The largest absolute Gasteiger partial charge is 0.410 e. The Morgan fingerprint density at radius 1 is 1.19 bits per heavy atom. The summed E-state index contributed by atoms with van der Waals surface area (Å²) < 4.78 is 42.6. The Balaban J connectivity index is 1.49. The number of carbonyl (C=O) groups is 1. The predicted molar refractivity (Wildman–Crippen MR) is 118 cm³/mol. The quantitative estimate of drug-likeness (QED) is 0.712. The molecule has 0 spiro atoms. The van der Waals surface area contributed by atoms with Gasteiger partial charge in [-0.05, 0) is 30.7 Å². The number of fused-ring (bicyclic) bond motifs is 1. The molecule has 1 fully saturated rings. The molecule has 4 rings (SSSR count). The van der Waals surface area contributed by atoms with Crippen molar-refractivity contribution >= 4 is 11.7 Å². The van der Waals surface area contributed by atoms with Crippen LogP contribution in [0.2, 0.25) is 0 Å². The van der Waals surface area contributed by atoms with E-state index in [0.717, 1.165) is 15.8 Å². The van der Waals surface area contributed by atoms with Crippen molar-refractivity contribution in [3.8, 4) is 0 Å². The summed E-state index contributed by atoms with van der Waals surface area (Å²) in [5.41, 5.74) is 2.42. The van der Waals surface area contributed by atoms with Gasteiger partial charge in [-0.1, -0.05) is 50.6 Å². The smallest absolute Gasteiger partial charge is 0.367 e. The SMILES string of the molecule is Cc1ccc(CC(=O)N2CC[C@@H](c3cc4n(n3)[C@H](C(F)(F)F)C[C@H](C(C)(C)C)N4)C2)cc1. The minimum Gasteiger partial charge on any atom is -0.367 e. The van der Waals surface area contributed by atoms with Crippen LogP contribution in [0.5, 0.6) is 0 Å². The molecule has 2 aliphatic rings. The number of halogens is 3. The number of likely N-dealkylation sites (tertiary alicyclic amines) is 1. The van der Waals surface area contributed by atoms with Gasteiger partial charge < -0.3 is 10.2 Å². The molecule has 0 aliphatic carbocycles. The number of benzene rings is 1. The zero-order chi connectivity index (χ0) is 23.3. The van der Waals surface area contributed by atoms with Gasteiger partial charge in [-0.3, -0.25) is 4.79 Å². The van der Waals surface area contributed by atoms with E-state index in [4.69, 9.17) is 0 Å². The lowest BCUT2D eigenvalue weighted by molar-refractivity contribution is -0.175. The topological polar surface area (TPSA) is 50.2 Å². The van der Waals surface area contributed by atoms with Crippen LogP contribution in [0.4, 0.5) is 19.0 Å². The number of aromatic nitrogens is 2. The number of alkyl halides is 3. The summed E-state index contributed by atoms with van der Waals surface area (Å²) in [4.78, 5) is 14.5. The lowest BCUT2D eigenvalue weighted by Gasteiger charge is -2.39. The Morgan fingerprint density at radius 3 is 2.50 bits per heavy atom. The third kappa shape index (κ3) is 4.64. The van der Waals surface area contributed by atoms with Gasteiger partial charge in [0.15, 0.2) is 6.04 Å². The zero-order valence-electron chi connectivity index (χ0n) is 19.0. The molecule has 0 saturated carbocycles. The third-order valence-electron chi connectivity index (χ3n) is 6.69. The Labute approximate surface area is 187 Å². The van der Waals surface area contributed by atoms with Crippen LogP contribution in [0.3, 0.4) is 0 Å². The molecule has 1 amide bonds. The number of amides is 1. The highest BCUT2D eigenvalue weighted by atomic mass is 19.4. The second kappa shape index (κ2) is 8.12. The summed E-state index contributed by atoms with van der Waals surface area (Å²) in [5.74, 6) is 0.399. The molecule has 5 nitrogen and oxygen atoms in total. The number of carbonyl (C=O) groups excluding carboxylic acids is 1. The highest BCUT2D eigenvalue weighted by Gasteiger charge is 2.48. The minimum absolute atomic E-state index is 0.0411. The molecule has 0 radical (unpaired) electrons. The summed E-state index contributed by atoms with van der Waals surface area (Å²) in [5, 5.41) is 7.65. The Morgan fingerprint density at radius 2 is 1.88 bits per heavy atom. The monoisotopic (exact) mass is 448 g/mol. The van der Waals surface area contributed by atoms with E-state index in [-0.39, 0.29) is 29.7 Å². The average molecular weight is 449 g/mol. The molecule has 1 aromatic heterocycles. The maximum Gasteiger partial charge on any atom is 0.410 e. The molecule has 1 N–H and O–H groups in total. The fraction of sp³-hybridized carbons (Fsp3) is 0.583. The summed E-state index contributed by atoms with van der Waals surface area (Å²) in [7, 11) is 0. The van der Waals surface area contributed by atoms with Crippen LogP contribution in [0.25, 0.3) is 0 Å². The van der Waals surface area contributed by atoms with Crippen molar-refractivity contribution in [1.29, 1.82) is 0 Å². The predicted octanol–water partition coefficient (Wildman–Crippen LogP) is 5.08. The van der Waals surface area contributed by atoms with Gasteiger partial charge in [0, 0.05) is 31.1 Å². The summed E-state index contributed by atoms with van der Waals surface area (Å²) in [6, 6.07) is 7.69. The van der Waals surface area contributed by atoms with E-state index in [0.29, 0.717) is 37.4 Å². The Kier molecular flexibility index (Phi) is 5.75. The van der Waals surface area contributed by atoms with Gasteiger partial charge in [0.25, 0.3) is 0 Å². The van der Waals surface area contributed by atoms with Gasteiger partial charge >= 0.3 is 6.18 Å². The number of nitrogens with zero attached hydrogens (tertiary/aromatic N) is 3. The molecule has 0 unspecified atom stereocenters. The van der Waals surface area contributed by atoms with E-state index in [1.165, 1.54) is 0 Å². The highest BCUT2D eigenvalue weighted by molar-refractivity contribution is 5.79. The molecule has 1 saturated heterocycles. The van der Waals surface area contributed by atoms with Crippen LogP contribution in [0, 0.1) is 12.3 Å². The van der Waals surface area contributed by atoms with Crippen molar-refractivity contribution in [2.45, 2.75) is 71.1 Å². The molecule has 3 atom stereocenters. The van der Waals surface area contributed by atoms with E-state index in [1.807, 2.05) is 52.0 Å². The van der Waals surface area contributed by atoms with Crippen molar-refractivity contribution in [3.05, 3.63) is 47.2 Å². The van der Waals surface area contributed by atoms with Crippen LogP contribution in [-0.2, 0) is 11.2 Å². The maximum atomic E-state index is 13.8. The molecule has 3 heterocycles. The van der Waals surface area contributed by atoms with Gasteiger partial charge in [-0.2, -0.15) is 18.3 Å². The summed E-state index contributed by atoms with van der Waals surface area (Å²) in [6.45, 7) is 8.92. The number of nitrogens with one attached hydrogen (secondary N) is 1. The van der Waals surface area contributed by atoms with Gasteiger partial charge in [-0.25, -0.2) is 4.68 Å². The van der Waals surface area contributed by atoms with E-state index in [9.17, 15) is 18.0 Å². The third-order valence-corrected chi connectivity index (χ3v) is 6.69. The van der Waals surface area contributed by atoms with Crippen LogP contribution < -0.4 is 5.32 Å². The molecule has 2 aromatic rings. The molecule has 0 bridgehead atoms. The second-order valence-corrected chi connectivity index (χ2v) is 10.2. The molecule has 8 heteroatoms. The Hall–Kier alpha value is -2.51. The summed E-state index contributed by atoms with van der Waals surface area (Å²) in [6.07, 6.45) is -3.38. The molecular weight excluding hydrogens is 417 g/mol. The van der Waals surface area contributed by atoms with Crippen LogP contribution in [0.15, 0.2) is 30.3 Å². The highest BCUT2D eigenvalue weighted by Crippen LogP contribution is 2.44. The van der Waals surface area contributed by atoms with Crippen LogP contribution >= 0.6 is 0 Å². The second-order valence-electron chi connectivity index (χ2n) is 10.2. The standard InChI is InChI=1S/C24H31F3N4O/c1-15-5-7-16(8-6-15)11-22(32)30-10-9-17(14-30)18-12-21-28-19(23(2,3)4)13-20(24(25,26)27)31(21)29-18/h5-8,12,17,19-20,28H,9-11,13-14H2,1-4H3/t17-,19-,20+/m1/s1. The first kappa shape index (κ1) is 22.7. The fourth-order valence-corrected chi connectivity index (χ4v) is 4.58. The van der Waals surface area contributed by atoms with E-state index in [2.05, 4.69) is 10.4 Å². The normalized spacial score (nSPS) is 23.7. The molecule has 2 aliphatic heterocycles. The first-order valence-electron chi connectivity index (χ1n) is 11.2. The van der Waals surface area contributed by atoms with Gasteiger partial charge in [0.2, 0.25) is 5.91 Å². The van der Waals surface area contributed by atoms with Gasteiger partial charge in [-0.15, -0.1) is 0 Å². The minimum atomic E-state index is -4.37.